The zero-order valence-electron chi connectivity index (χ0n) is 16.3. The van der Waals surface area contributed by atoms with Crippen molar-refractivity contribution in [3.63, 3.8) is 0 Å². The quantitative estimate of drug-likeness (QED) is 0.328. The molecule has 2 heterocycles. The Morgan fingerprint density at radius 2 is 1.87 bits per heavy atom. The predicted octanol–water partition coefficient (Wildman–Crippen LogP) is 2.11. The first-order valence-electron chi connectivity index (χ1n) is 9.33. The molecule has 0 spiro atoms. The Morgan fingerprint density at radius 3 is 2.52 bits per heavy atom. The summed E-state index contributed by atoms with van der Waals surface area (Å²) in [5, 5.41) is 15.5. The fraction of sp³-hybridized carbons (Fsp3) is 0.250. The molecule has 1 fully saturated rings. The molecular weight excluding hydrogens is 460 g/mol. The van der Waals surface area contributed by atoms with Crippen LogP contribution in [0.25, 0.3) is 17.4 Å². The summed E-state index contributed by atoms with van der Waals surface area (Å²) in [6.07, 6.45) is 3.42. The van der Waals surface area contributed by atoms with Gasteiger partial charge in [0.15, 0.2) is 0 Å². The number of rotatable bonds is 9. The molecule has 3 rings (SSSR count). The van der Waals surface area contributed by atoms with E-state index in [0.717, 1.165) is 0 Å². The first-order valence-corrected chi connectivity index (χ1v) is 12.1. The summed E-state index contributed by atoms with van der Waals surface area (Å²) >= 11 is 6.47. The van der Waals surface area contributed by atoms with E-state index >= 15 is 0 Å². The monoisotopic (exact) mass is 479 g/mol. The topological polar surface area (TPSA) is 134 Å². The molecule has 1 saturated heterocycles. The van der Waals surface area contributed by atoms with Crippen molar-refractivity contribution in [3.8, 4) is 11.3 Å². The molecule has 1 aromatic heterocycles. The Morgan fingerprint density at radius 1 is 1.16 bits per heavy atom. The van der Waals surface area contributed by atoms with Crippen LogP contribution in [0.5, 0.6) is 0 Å². The van der Waals surface area contributed by atoms with Gasteiger partial charge in [0.05, 0.1) is 9.80 Å². The van der Waals surface area contributed by atoms with Crippen molar-refractivity contribution in [2.75, 3.05) is 6.54 Å². The number of carbonyl (C=O) groups excluding carboxylic acids is 2. The summed E-state index contributed by atoms with van der Waals surface area (Å²) in [5.74, 6) is -0.326. The first kappa shape index (κ1) is 23.2. The normalized spacial score (nSPS) is 15.8. The lowest BCUT2D eigenvalue weighted by molar-refractivity contribution is -0.305. The van der Waals surface area contributed by atoms with E-state index in [9.17, 15) is 23.1 Å². The van der Waals surface area contributed by atoms with E-state index in [-0.39, 0.29) is 17.2 Å². The van der Waals surface area contributed by atoms with Crippen molar-refractivity contribution in [1.82, 2.24) is 4.90 Å². The highest BCUT2D eigenvalue weighted by Gasteiger charge is 2.31. The number of nitrogens with zero attached hydrogens (tertiary/aromatic N) is 1. The molecule has 0 unspecified atom stereocenters. The van der Waals surface area contributed by atoms with Crippen molar-refractivity contribution in [1.29, 1.82) is 0 Å². The molecular formula is C20H19N2O6S3-. The van der Waals surface area contributed by atoms with Crippen LogP contribution < -0.4 is 10.2 Å². The molecule has 0 radical (unpaired) electrons. The summed E-state index contributed by atoms with van der Waals surface area (Å²) in [6.45, 7) is 0.425. The Kier molecular flexibility index (Phi) is 7.31. The summed E-state index contributed by atoms with van der Waals surface area (Å²) in [4.78, 5) is 25.0. The molecule has 8 nitrogen and oxygen atoms in total. The van der Waals surface area contributed by atoms with Gasteiger partial charge in [0.1, 0.15) is 15.8 Å². The third kappa shape index (κ3) is 6.03. The van der Waals surface area contributed by atoms with E-state index in [1.807, 2.05) is 0 Å². The molecule has 2 aromatic rings. The van der Waals surface area contributed by atoms with E-state index in [2.05, 4.69) is 0 Å². The van der Waals surface area contributed by atoms with Crippen molar-refractivity contribution in [2.45, 2.75) is 30.6 Å². The second kappa shape index (κ2) is 9.77. The molecule has 0 atom stereocenters. The minimum absolute atomic E-state index is 0.00385. The maximum Gasteiger partial charge on any atom is 0.266 e. The number of nitrogens with two attached hydrogens (primary N) is 1. The van der Waals surface area contributed by atoms with E-state index in [1.54, 1.807) is 30.3 Å². The third-order valence-corrected chi connectivity index (χ3v) is 6.81. The number of hydrogen-bond donors (Lipinski definition) is 1. The number of amides is 1. The van der Waals surface area contributed by atoms with Crippen LogP contribution in [0.1, 0.15) is 31.4 Å². The molecule has 164 valence electrons. The molecule has 1 aliphatic rings. The zero-order chi connectivity index (χ0) is 22.6. The number of carbonyl (C=O) groups is 2. The molecule has 2 N–H and O–H groups in total. The van der Waals surface area contributed by atoms with E-state index in [4.69, 9.17) is 21.8 Å². The van der Waals surface area contributed by atoms with Crippen LogP contribution in [0, 0.1) is 0 Å². The summed E-state index contributed by atoms with van der Waals surface area (Å²) in [7, 11) is -3.77. The number of furan rings is 1. The Labute approximate surface area is 189 Å². The van der Waals surface area contributed by atoms with Gasteiger partial charge in [-0.15, -0.1) is 0 Å². The average Bonchev–Trinajstić information content (AvgIpc) is 3.27. The number of sulfonamides is 1. The number of aliphatic carboxylic acids is 1. The van der Waals surface area contributed by atoms with Crippen LogP contribution in [0.15, 0.2) is 50.6 Å². The van der Waals surface area contributed by atoms with Crippen LogP contribution in [0.3, 0.4) is 0 Å². The molecule has 1 aromatic carbocycles. The number of thiocarbonyl (C=S) groups is 1. The number of hydrogen-bond acceptors (Lipinski definition) is 8. The SMILES string of the molecule is NS(=O)(=O)c1ccc(-c2ccc(/C=C3\SC(=S)N(CCCCCC(=O)[O-])C3=O)o2)cc1. The minimum atomic E-state index is -3.77. The van der Waals surface area contributed by atoms with Gasteiger partial charge in [-0.3, -0.25) is 9.69 Å². The summed E-state index contributed by atoms with van der Waals surface area (Å²) in [6, 6.07) is 9.38. The minimum Gasteiger partial charge on any atom is -0.550 e. The van der Waals surface area contributed by atoms with Crippen molar-refractivity contribution in [3.05, 3.63) is 47.1 Å². The number of thioether (sulfide) groups is 1. The van der Waals surface area contributed by atoms with Gasteiger partial charge in [-0.2, -0.15) is 0 Å². The third-order valence-electron chi connectivity index (χ3n) is 4.50. The van der Waals surface area contributed by atoms with Gasteiger partial charge in [-0.05, 0) is 55.7 Å². The molecule has 0 bridgehead atoms. The Bertz CT molecular complexity index is 1140. The molecule has 31 heavy (non-hydrogen) atoms. The van der Waals surface area contributed by atoms with Gasteiger partial charge in [-0.25, -0.2) is 13.6 Å². The molecule has 1 aliphatic heterocycles. The van der Waals surface area contributed by atoms with Crippen LogP contribution >= 0.6 is 24.0 Å². The van der Waals surface area contributed by atoms with Gasteiger partial charge in [0, 0.05) is 24.2 Å². The lowest BCUT2D eigenvalue weighted by atomic mass is 10.2. The lowest BCUT2D eigenvalue weighted by Gasteiger charge is -2.14. The standard InChI is InChI=1S/C20H20N2O6S3/c21-31(26,27)15-8-5-13(6-9-15)16-10-7-14(28-16)12-17-19(25)22(20(29)30-17)11-3-1-2-4-18(23)24/h5-10,12H,1-4,11H2,(H,23,24)(H2,21,26,27)/p-1/b17-12-. The largest absolute Gasteiger partial charge is 0.550 e. The first-order chi connectivity index (χ1) is 14.6. The van der Waals surface area contributed by atoms with Crippen molar-refractivity contribution >= 4 is 56.3 Å². The highest BCUT2D eigenvalue weighted by atomic mass is 32.2. The molecule has 11 heteroatoms. The predicted molar refractivity (Wildman–Crippen MR) is 119 cm³/mol. The van der Waals surface area contributed by atoms with Crippen LogP contribution in [-0.4, -0.2) is 36.1 Å². The van der Waals surface area contributed by atoms with Crippen LogP contribution in [0.2, 0.25) is 0 Å². The van der Waals surface area contributed by atoms with Crippen LogP contribution in [0.4, 0.5) is 0 Å². The van der Waals surface area contributed by atoms with Gasteiger partial charge in [0.25, 0.3) is 5.91 Å². The second-order valence-electron chi connectivity index (χ2n) is 6.79. The number of unbranched alkanes of at least 4 members (excludes halogenated alkanes) is 2. The number of carboxylic acids is 1. The second-order valence-corrected chi connectivity index (χ2v) is 10.0. The number of carboxylic acid groups (broad SMARTS) is 1. The Balaban J connectivity index is 1.65. The van der Waals surface area contributed by atoms with Gasteiger partial charge in [-0.1, -0.05) is 30.4 Å². The fourth-order valence-electron chi connectivity index (χ4n) is 2.93. The maximum absolute atomic E-state index is 12.6. The smallest absolute Gasteiger partial charge is 0.266 e. The molecule has 0 aliphatic carbocycles. The van der Waals surface area contributed by atoms with Crippen molar-refractivity contribution in [2.24, 2.45) is 5.14 Å². The molecule has 0 saturated carbocycles. The van der Waals surface area contributed by atoms with Crippen molar-refractivity contribution < 1.29 is 27.5 Å². The fourth-order valence-corrected chi connectivity index (χ4v) is 4.74. The maximum atomic E-state index is 12.6. The zero-order valence-corrected chi connectivity index (χ0v) is 18.7. The summed E-state index contributed by atoms with van der Waals surface area (Å²) in [5.41, 5.74) is 0.663. The average molecular weight is 480 g/mol. The highest BCUT2D eigenvalue weighted by molar-refractivity contribution is 8.26. The number of benzene rings is 1. The molecule has 1 amide bonds. The Hall–Kier alpha value is -2.47. The van der Waals surface area contributed by atoms with E-state index in [1.165, 1.54) is 28.8 Å². The van der Waals surface area contributed by atoms with E-state index < -0.39 is 16.0 Å². The highest BCUT2D eigenvalue weighted by Crippen LogP contribution is 2.34. The number of primary sulfonamides is 1. The van der Waals surface area contributed by atoms with E-state index in [0.29, 0.717) is 52.1 Å². The van der Waals surface area contributed by atoms with Gasteiger partial charge in [0.2, 0.25) is 10.0 Å². The lowest BCUT2D eigenvalue weighted by Crippen LogP contribution is -2.29. The summed E-state index contributed by atoms with van der Waals surface area (Å²) < 4.78 is 28.9. The van der Waals surface area contributed by atoms with Crippen LogP contribution in [-0.2, 0) is 19.6 Å². The van der Waals surface area contributed by atoms with Gasteiger partial charge < -0.3 is 14.3 Å². The van der Waals surface area contributed by atoms with Gasteiger partial charge >= 0.3 is 0 Å².